The number of hydrogen-bond acceptors (Lipinski definition) is 0. The fourth-order valence-corrected chi connectivity index (χ4v) is 2.27. The molecule has 0 bridgehead atoms. The van der Waals surface area contributed by atoms with Crippen molar-refractivity contribution in [2.75, 3.05) is 0 Å². The van der Waals surface area contributed by atoms with Gasteiger partial charge in [0.1, 0.15) is 0 Å². The second-order valence-corrected chi connectivity index (χ2v) is 5.70. The molecule has 18 heavy (non-hydrogen) atoms. The SMILES string of the molecule is CCC=CC(C)CC=CCCCCC(C)CCC. The molecule has 0 nitrogen and oxygen atoms in total. The summed E-state index contributed by atoms with van der Waals surface area (Å²) in [4.78, 5) is 0. The lowest BCUT2D eigenvalue weighted by atomic mass is 9.98. The van der Waals surface area contributed by atoms with E-state index in [-0.39, 0.29) is 0 Å². The summed E-state index contributed by atoms with van der Waals surface area (Å²) in [6, 6.07) is 0. The maximum absolute atomic E-state index is 2.39. The molecule has 0 N–H and O–H groups in total. The van der Waals surface area contributed by atoms with Crippen LogP contribution in [0, 0.1) is 11.8 Å². The third-order valence-corrected chi connectivity index (χ3v) is 3.47. The molecule has 0 aromatic carbocycles. The number of hydrogen-bond donors (Lipinski definition) is 0. The van der Waals surface area contributed by atoms with Gasteiger partial charge in [0.15, 0.2) is 0 Å². The van der Waals surface area contributed by atoms with Gasteiger partial charge in [0.25, 0.3) is 0 Å². The van der Waals surface area contributed by atoms with Crippen molar-refractivity contribution < 1.29 is 0 Å². The van der Waals surface area contributed by atoms with Gasteiger partial charge in [-0.15, -0.1) is 0 Å². The maximum atomic E-state index is 2.39. The topological polar surface area (TPSA) is 0 Å². The number of unbranched alkanes of at least 4 members (excludes halogenated alkanes) is 2. The molecule has 0 spiro atoms. The van der Waals surface area contributed by atoms with Crippen LogP contribution in [-0.4, -0.2) is 0 Å². The Labute approximate surface area is 116 Å². The smallest absolute Gasteiger partial charge is 0.0227 e. The van der Waals surface area contributed by atoms with E-state index in [0.29, 0.717) is 5.92 Å². The summed E-state index contributed by atoms with van der Waals surface area (Å²) in [6.45, 7) is 9.16. The summed E-state index contributed by atoms with van der Waals surface area (Å²) >= 11 is 0. The zero-order valence-electron chi connectivity index (χ0n) is 13.1. The lowest BCUT2D eigenvalue weighted by Gasteiger charge is -2.08. The molecule has 0 fully saturated rings. The largest absolute Gasteiger partial charge is 0.0885 e. The van der Waals surface area contributed by atoms with Crippen molar-refractivity contribution in [2.45, 2.75) is 79.1 Å². The predicted octanol–water partition coefficient (Wildman–Crippen LogP) is 6.53. The predicted molar refractivity (Wildman–Crippen MR) is 84.9 cm³/mol. The minimum absolute atomic E-state index is 0.700. The molecule has 0 aliphatic carbocycles. The average molecular weight is 250 g/mol. The standard InChI is InChI=1S/C18H34/c1-5-7-14-18(4)16-12-10-8-9-11-15-17(3)13-6-2/h7,10,12,14,17-18H,5-6,8-9,11,13,15-16H2,1-4H3. The molecule has 0 heteroatoms. The Kier molecular flexibility index (Phi) is 12.6. The first-order chi connectivity index (χ1) is 8.70. The third-order valence-electron chi connectivity index (χ3n) is 3.47. The first-order valence-corrected chi connectivity index (χ1v) is 8.02. The first-order valence-electron chi connectivity index (χ1n) is 8.02. The van der Waals surface area contributed by atoms with Crippen LogP contribution in [-0.2, 0) is 0 Å². The minimum Gasteiger partial charge on any atom is -0.0885 e. The van der Waals surface area contributed by atoms with E-state index in [0.717, 1.165) is 12.3 Å². The number of allylic oxidation sites excluding steroid dienone is 4. The summed E-state index contributed by atoms with van der Waals surface area (Å²) in [6.07, 6.45) is 19.9. The molecule has 0 amide bonds. The van der Waals surface area contributed by atoms with Gasteiger partial charge in [0.05, 0.1) is 0 Å². The highest BCUT2D eigenvalue weighted by Crippen LogP contribution is 2.14. The normalized spacial score (nSPS) is 15.6. The van der Waals surface area contributed by atoms with E-state index in [1.54, 1.807) is 0 Å². The van der Waals surface area contributed by atoms with Gasteiger partial charge in [-0.3, -0.25) is 0 Å². The number of rotatable bonds is 11. The molecule has 0 rings (SSSR count). The Bertz CT molecular complexity index is 212. The van der Waals surface area contributed by atoms with Gasteiger partial charge >= 0.3 is 0 Å². The average Bonchev–Trinajstić information content (AvgIpc) is 2.35. The maximum Gasteiger partial charge on any atom is -0.0227 e. The molecule has 0 saturated carbocycles. The van der Waals surface area contributed by atoms with Crippen molar-refractivity contribution in [3.05, 3.63) is 24.3 Å². The molecular weight excluding hydrogens is 216 g/mol. The van der Waals surface area contributed by atoms with Crippen LogP contribution in [0.2, 0.25) is 0 Å². The molecule has 0 saturated heterocycles. The van der Waals surface area contributed by atoms with E-state index in [1.807, 2.05) is 0 Å². The van der Waals surface area contributed by atoms with Crippen LogP contribution in [0.1, 0.15) is 79.1 Å². The van der Waals surface area contributed by atoms with Crippen LogP contribution >= 0.6 is 0 Å². The molecular formula is C18H34. The van der Waals surface area contributed by atoms with Crippen LogP contribution in [0.5, 0.6) is 0 Å². The molecule has 2 unspecified atom stereocenters. The fourth-order valence-electron chi connectivity index (χ4n) is 2.27. The summed E-state index contributed by atoms with van der Waals surface area (Å²) in [5, 5.41) is 0. The second kappa shape index (κ2) is 12.9. The van der Waals surface area contributed by atoms with Crippen LogP contribution in [0.15, 0.2) is 24.3 Å². The Morgan fingerprint density at radius 3 is 2.33 bits per heavy atom. The van der Waals surface area contributed by atoms with E-state index in [1.165, 1.54) is 44.9 Å². The summed E-state index contributed by atoms with van der Waals surface area (Å²) in [7, 11) is 0. The van der Waals surface area contributed by atoms with Crippen molar-refractivity contribution in [2.24, 2.45) is 11.8 Å². The first kappa shape index (κ1) is 17.5. The Morgan fingerprint density at radius 1 is 0.889 bits per heavy atom. The lowest BCUT2D eigenvalue weighted by Crippen LogP contribution is -1.93. The van der Waals surface area contributed by atoms with Crippen molar-refractivity contribution >= 4 is 0 Å². The van der Waals surface area contributed by atoms with Gasteiger partial charge in [-0.2, -0.15) is 0 Å². The molecule has 0 radical (unpaired) electrons. The molecule has 106 valence electrons. The van der Waals surface area contributed by atoms with Gasteiger partial charge in [-0.1, -0.05) is 77.7 Å². The molecule has 0 aromatic heterocycles. The van der Waals surface area contributed by atoms with Gasteiger partial charge in [0, 0.05) is 0 Å². The minimum atomic E-state index is 0.700. The van der Waals surface area contributed by atoms with E-state index in [9.17, 15) is 0 Å². The molecule has 0 heterocycles. The van der Waals surface area contributed by atoms with Gasteiger partial charge < -0.3 is 0 Å². The molecule has 2 atom stereocenters. The van der Waals surface area contributed by atoms with Crippen LogP contribution in [0.25, 0.3) is 0 Å². The van der Waals surface area contributed by atoms with E-state index < -0.39 is 0 Å². The highest BCUT2D eigenvalue weighted by atomic mass is 14.0. The van der Waals surface area contributed by atoms with Crippen LogP contribution < -0.4 is 0 Å². The van der Waals surface area contributed by atoms with E-state index >= 15 is 0 Å². The highest BCUT2D eigenvalue weighted by Gasteiger charge is 1.99. The van der Waals surface area contributed by atoms with E-state index in [4.69, 9.17) is 0 Å². The fraction of sp³-hybridized carbons (Fsp3) is 0.778. The van der Waals surface area contributed by atoms with E-state index in [2.05, 4.69) is 52.0 Å². The van der Waals surface area contributed by atoms with Crippen molar-refractivity contribution in [1.82, 2.24) is 0 Å². The molecule has 0 aliphatic heterocycles. The Hall–Kier alpha value is -0.520. The zero-order valence-corrected chi connectivity index (χ0v) is 13.1. The summed E-state index contributed by atoms with van der Waals surface area (Å²) in [5.41, 5.74) is 0. The van der Waals surface area contributed by atoms with Crippen LogP contribution in [0.3, 0.4) is 0 Å². The second-order valence-electron chi connectivity index (χ2n) is 5.70. The van der Waals surface area contributed by atoms with Gasteiger partial charge in [-0.05, 0) is 37.5 Å². The quantitative estimate of drug-likeness (QED) is 0.289. The highest BCUT2D eigenvalue weighted by molar-refractivity contribution is 4.91. The Morgan fingerprint density at radius 2 is 1.67 bits per heavy atom. The van der Waals surface area contributed by atoms with Crippen molar-refractivity contribution in [3.63, 3.8) is 0 Å². The summed E-state index contributed by atoms with van der Waals surface area (Å²) in [5.74, 6) is 1.63. The Balaban J connectivity index is 3.40. The van der Waals surface area contributed by atoms with Crippen molar-refractivity contribution in [3.8, 4) is 0 Å². The van der Waals surface area contributed by atoms with Gasteiger partial charge in [0.2, 0.25) is 0 Å². The van der Waals surface area contributed by atoms with Gasteiger partial charge in [-0.25, -0.2) is 0 Å². The monoisotopic (exact) mass is 250 g/mol. The van der Waals surface area contributed by atoms with Crippen molar-refractivity contribution in [1.29, 1.82) is 0 Å². The lowest BCUT2D eigenvalue weighted by molar-refractivity contribution is 0.462. The zero-order chi connectivity index (χ0) is 13.6. The summed E-state index contributed by atoms with van der Waals surface area (Å²) < 4.78 is 0. The molecule has 0 aromatic rings. The third kappa shape index (κ3) is 12.0. The molecule has 0 aliphatic rings. The van der Waals surface area contributed by atoms with Crippen LogP contribution in [0.4, 0.5) is 0 Å².